The van der Waals surface area contributed by atoms with Crippen molar-refractivity contribution in [2.24, 2.45) is 0 Å². The van der Waals surface area contributed by atoms with E-state index >= 15 is 0 Å². The number of nitrogens with one attached hydrogen (secondary N) is 3. The summed E-state index contributed by atoms with van der Waals surface area (Å²) in [6.07, 6.45) is 1.05. The van der Waals surface area contributed by atoms with Crippen molar-refractivity contribution in [3.05, 3.63) is 46.5 Å². The second kappa shape index (κ2) is 9.41. The number of imidazole rings is 1. The number of aromatic amines is 1. The topological polar surface area (TPSA) is 87.6 Å². The minimum absolute atomic E-state index is 0. The van der Waals surface area contributed by atoms with E-state index in [0.717, 1.165) is 36.4 Å². The second-order valence-electron chi connectivity index (χ2n) is 6.15. The molecule has 4 rings (SSSR count). The van der Waals surface area contributed by atoms with Crippen molar-refractivity contribution >= 4 is 53.4 Å². The van der Waals surface area contributed by atoms with Crippen LogP contribution in [0.5, 0.6) is 0 Å². The third-order valence-electron chi connectivity index (χ3n) is 4.27. The molecule has 2 aromatic heterocycles. The zero-order valence-electron chi connectivity index (χ0n) is 14.5. The Morgan fingerprint density at radius 1 is 1.30 bits per heavy atom. The van der Waals surface area contributed by atoms with Crippen molar-refractivity contribution < 1.29 is 4.79 Å². The number of H-pyrrole nitrogens is 1. The highest BCUT2D eigenvalue weighted by molar-refractivity contribution is 6.31. The summed E-state index contributed by atoms with van der Waals surface area (Å²) in [4.78, 5) is 19.7. The summed E-state index contributed by atoms with van der Waals surface area (Å²) in [7, 11) is 0. The van der Waals surface area contributed by atoms with Crippen molar-refractivity contribution in [2.75, 3.05) is 6.54 Å². The van der Waals surface area contributed by atoms with Crippen molar-refractivity contribution in [3.8, 4) is 0 Å². The van der Waals surface area contributed by atoms with Crippen molar-refractivity contribution in [3.63, 3.8) is 0 Å². The van der Waals surface area contributed by atoms with Crippen LogP contribution in [-0.4, -0.2) is 32.2 Å². The molecule has 0 fully saturated rings. The van der Waals surface area contributed by atoms with Gasteiger partial charge in [-0.05, 0) is 24.3 Å². The molecule has 1 aliphatic heterocycles. The average molecular weight is 432 g/mol. The summed E-state index contributed by atoms with van der Waals surface area (Å²) in [5, 5.41) is 11.4. The SMILES string of the molecule is Cl.Cl.O=C(CCc1cc2n(n1)CCNC2)NCc1nc2ccc(Cl)cc2[nH]1. The van der Waals surface area contributed by atoms with Gasteiger partial charge in [0.15, 0.2) is 0 Å². The molecule has 3 N–H and O–H groups in total. The van der Waals surface area contributed by atoms with Gasteiger partial charge < -0.3 is 15.6 Å². The molecule has 146 valence electrons. The van der Waals surface area contributed by atoms with E-state index in [2.05, 4.69) is 31.8 Å². The third-order valence-corrected chi connectivity index (χ3v) is 4.51. The second-order valence-corrected chi connectivity index (χ2v) is 6.59. The van der Waals surface area contributed by atoms with Crippen LogP contribution in [-0.2, 0) is 30.8 Å². The van der Waals surface area contributed by atoms with E-state index in [4.69, 9.17) is 11.6 Å². The lowest BCUT2D eigenvalue weighted by Crippen LogP contribution is -2.28. The Bertz CT molecular complexity index is 899. The fourth-order valence-electron chi connectivity index (χ4n) is 3.01. The number of hydrogen-bond donors (Lipinski definition) is 3. The molecule has 0 aliphatic carbocycles. The maximum atomic E-state index is 12.1. The van der Waals surface area contributed by atoms with E-state index < -0.39 is 0 Å². The molecular formula is C17H21Cl3N6O. The van der Waals surface area contributed by atoms with E-state index in [1.54, 1.807) is 6.07 Å². The van der Waals surface area contributed by atoms with Crippen LogP contribution in [0.3, 0.4) is 0 Å². The number of fused-ring (bicyclic) bond motifs is 2. The minimum atomic E-state index is -0.0115. The smallest absolute Gasteiger partial charge is 0.220 e. The Hall–Kier alpha value is -1.80. The van der Waals surface area contributed by atoms with Crippen LogP contribution in [0.15, 0.2) is 24.3 Å². The monoisotopic (exact) mass is 430 g/mol. The maximum Gasteiger partial charge on any atom is 0.220 e. The van der Waals surface area contributed by atoms with Crippen LogP contribution in [0.4, 0.5) is 0 Å². The molecule has 27 heavy (non-hydrogen) atoms. The maximum absolute atomic E-state index is 12.1. The number of aromatic nitrogens is 4. The lowest BCUT2D eigenvalue weighted by atomic mass is 10.2. The number of nitrogens with zero attached hydrogens (tertiary/aromatic N) is 3. The van der Waals surface area contributed by atoms with E-state index in [9.17, 15) is 4.79 Å². The van der Waals surface area contributed by atoms with Gasteiger partial charge in [0.2, 0.25) is 5.91 Å². The number of benzene rings is 1. The van der Waals surface area contributed by atoms with Gasteiger partial charge in [-0.3, -0.25) is 9.48 Å². The number of rotatable bonds is 5. The van der Waals surface area contributed by atoms with Crippen LogP contribution in [0.1, 0.15) is 23.6 Å². The first-order chi connectivity index (χ1) is 12.2. The normalized spacial score (nSPS) is 12.8. The first-order valence-corrected chi connectivity index (χ1v) is 8.72. The summed E-state index contributed by atoms with van der Waals surface area (Å²) >= 11 is 5.96. The molecular weight excluding hydrogens is 411 g/mol. The molecule has 3 heterocycles. The summed E-state index contributed by atoms with van der Waals surface area (Å²) < 4.78 is 2.02. The van der Waals surface area contributed by atoms with Crippen LogP contribution < -0.4 is 10.6 Å². The lowest BCUT2D eigenvalue weighted by molar-refractivity contribution is -0.121. The van der Waals surface area contributed by atoms with Crippen molar-refractivity contribution in [1.82, 2.24) is 30.4 Å². The Balaban J connectivity index is 0.00000131. The van der Waals surface area contributed by atoms with Gasteiger partial charge in [-0.2, -0.15) is 5.10 Å². The number of halogens is 3. The molecule has 0 saturated heterocycles. The molecule has 0 saturated carbocycles. The van der Waals surface area contributed by atoms with Gasteiger partial charge in [-0.25, -0.2) is 4.98 Å². The zero-order valence-corrected chi connectivity index (χ0v) is 16.9. The predicted molar refractivity (Wildman–Crippen MR) is 110 cm³/mol. The van der Waals surface area contributed by atoms with Crippen molar-refractivity contribution in [1.29, 1.82) is 0 Å². The summed E-state index contributed by atoms with van der Waals surface area (Å²) in [6, 6.07) is 7.55. The number of aryl methyl sites for hydroxylation is 1. The van der Waals surface area contributed by atoms with Gasteiger partial charge in [0.05, 0.1) is 35.5 Å². The van der Waals surface area contributed by atoms with Crippen LogP contribution in [0.2, 0.25) is 5.02 Å². The Morgan fingerprint density at radius 3 is 2.96 bits per heavy atom. The standard InChI is InChI=1S/C17H19ClN6O.2ClH/c18-11-1-3-14-15(7-11)22-16(21-14)10-20-17(25)4-2-12-8-13-9-19-5-6-24(13)23-12;;/h1,3,7-8,19H,2,4-6,9-10H2,(H,20,25)(H,21,22);2*1H. The number of amides is 1. The molecule has 0 spiro atoms. The molecule has 7 nitrogen and oxygen atoms in total. The molecule has 10 heteroatoms. The fourth-order valence-corrected chi connectivity index (χ4v) is 3.18. The Kier molecular flexibility index (Phi) is 7.49. The molecule has 0 atom stereocenters. The molecule has 0 bridgehead atoms. The van der Waals surface area contributed by atoms with Gasteiger partial charge in [0, 0.05) is 31.0 Å². The fraction of sp³-hybridized carbons (Fsp3) is 0.353. The zero-order chi connectivity index (χ0) is 17.2. The van der Waals surface area contributed by atoms with Gasteiger partial charge in [-0.15, -0.1) is 24.8 Å². The summed E-state index contributed by atoms with van der Waals surface area (Å²) in [5.41, 5.74) is 3.86. The molecule has 3 aromatic rings. The Morgan fingerprint density at radius 2 is 2.15 bits per heavy atom. The van der Waals surface area contributed by atoms with E-state index in [1.165, 1.54) is 5.69 Å². The highest BCUT2D eigenvalue weighted by Crippen LogP contribution is 2.17. The lowest BCUT2D eigenvalue weighted by Gasteiger charge is -2.13. The first-order valence-electron chi connectivity index (χ1n) is 8.34. The molecule has 1 aliphatic rings. The number of carbonyl (C=O) groups is 1. The molecule has 0 unspecified atom stereocenters. The van der Waals surface area contributed by atoms with Crippen molar-refractivity contribution in [2.45, 2.75) is 32.5 Å². The van der Waals surface area contributed by atoms with Crippen LogP contribution in [0.25, 0.3) is 11.0 Å². The first kappa shape index (κ1) is 21.5. The highest BCUT2D eigenvalue weighted by atomic mass is 35.5. The van der Waals surface area contributed by atoms with Crippen LogP contribution in [0, 0.1) is 0 Å². The summed E-state index contributed by atoms with van der Waals surface area (Å²) in [5.74, 6) is 0.705. The summed E-state index contributed by atoms with van der Waals surface area (Å²) in [6.45, 7) is 3.04. The van der Waals surface area contributed by atoms with Gasteiger partial charge in [0.1, 0.15) is 5.82 Å². The van der Waals surface area contributed by atoms with Gasteiger partial charge >= 0.3 is 0 Å². The minimum Gasteiger partial charge on any atom is -0.349 e. The number of carbonyl (C=O) groups excluding carboxylic acids is 1. The highest BCUT2D eigenvalue weighted by Gasteiger charge is 2.13. The largest absolute Gasteiger partial charge is 0.349 e. The molecule has 1 aromatic carbocycles. The number of hydrogen-bond acceptors (Lipinski definition) is 4. The van der Waals surface area contributed by atoms with E-state index in [1.807, 2.05) is 16.8 Å². The average Bonchev–Trinajstić information content (AvgIpc) is 3.20. The van der Waals surface area contributed by atoms with Gasteiger partial charge in [-0.1, -0.05) is 11.6 Å². The molecule has 0 radical (unpaired) electrons. The quantitative estimate of drug-likeness (QED) is 0.579. The third kappa shape index (κ3) is 5.13. The van der Waals surface area contributed by atoms with Crippen LogP contribution >= 0.6 is 36.4 Å². The predicted octanol–water partition coefficient (Wildman–Crippen LogP) is 2.61. The molecule has 1 amide bonds. The van der Waals surface area contributed by atoms with Gasteiger partial charge in [0.25, 0.3) is 0 Å². The van der Waals surface area contributed by atoms with E-state index in [0.29, 0.717) is 30.2 Å². The Labute approximate surface area is 174 Å². The van der Waals surface area contributed by atoms with E-state index in [-0.39, 0.29) is 30.7 Å².